The fourth-order valence-electron chi connectivity index (χ4n) is 3.06. The molecule has 0 aromatic heterocycles. The summed E-state index contributed by atoms with van der Waals surface area (Å²) in [7, 11) is -2.97. The number of sulfone groups is 1. The lowest BCUT2D eigenvalue weighted by molar-refractivity contribution is -0.134. The molecule has 2 rings (SSSR count). The molecule has 0 N–H and O–H groups in total. The highest BCUT2D eigenvalue weighted by Crippen LogP contribution is 2.18. The second-order valence-electron chi connectivity index (χ2n) is 6.03. The molecule has 5 nitrogen and oxygen atoms in total. The Morgan fingerprint density at radius 3 is 2.39 bits per heavy atom. The molecule has 0 radical (unpaired) electrons. The first-order chi connectivity index (χ1) is 10.9. The molecule has 0 spiro atoms. The molecule has 0 saturated carbocycles. The summed E-state index contributed by atoms with van der Waals surface area (Å²) < 4.78 is 23.3. The van der Waals surface area contributed by atoms with Gasteiger partial charge < -0.3 is 4.90 Å². The van der Waals surface area contributed by atoms with E-state index in [0.29, 0.717) is 19.5 Å². The lowest BCUT2D eigenvalue weighted by atomic mass is 10.2. The molecule has 1 saturated heterocycles. The van der Waals surface area contributed by atoms with Crippen molar-refractivity contribution in [3.63, 3.8) is 0 Å². The highest BCUT2D eigenvalue weighted by molar-refractivity contribution is 7.91. The molecular formula is C17H26N2O3S. The maximum atomic E-state index is 12.6. The Hall–Kier alpha value is -1.40. The number of carbonyl (C=O) groups excluding carboxylic acids is 1. The highest BCUT2D eigenvalue weighted by Gasteiger charge is 2.34. The van der Waals surface area contributed by atoms with E-state index in [2.05, 4.69) is 4.90 Å². The molecular weight excluding hydrogens is 312 g/mol. The van der Waals surface area contributed by atoms with Crippen LogP contribution in [0.25, 0.3) is 0 Å². The predicted molar refractivity (Wildman–Crippen MR) is 91.8 cm³/mol. The van der Waals surface area contributed by atoms with Crippen LogP contribution in [0.1, 0.15) is 25.8 Å². The van der Waals surface area contributed by atoms with Gasteiger partial charge in [-0.05, 0) is 25.5 Å². The average Bonchev–Trinajstić information content (AvgIpc) is 2.88. The van der Waals surface area contributed by atoms with E-state index in [1.54, 1.807) is 4.90 Å². The standard InChI is InChI=1S/C17H26N2O3S/c1-3-18(12-15-8-6-5-7-9-15)13-17(20)19(4-2)16-10-11-23(21,22)14-16/h5-9,16H,3-4,10-14H2,1-2H3. The van der Waals surface area contributed by atoms with Crippen molar-refractivity contribution in [3.05, 3.63) is 35.9 Å². The van der Waals surface area contributed by atoms with Gasteiger partial charge in [0.2, 0.25) is 5.91 Å². The lowest BCUT2D eigenvalue weighted by Crippen LogP contribution is -2.46. The SMILES string of the molecule is CCN(CC(=O)N(CC)C1CCS(=O)(=O)C1)Cc1ccccc1. The summed E-state index contributed by atoms with van der Waals surface area (Å²) in [5.74, 6) is 0.327. The molecule has 1 aromatic carbocycles. The number of nitrogens with zero attached hydrogens (tertiary/aromatic N) is 2. The summed E-state index contributed by atoms with van der Waals surface area (Å²) in [6.07, 6.45) is 0.562. The Kier molecular flexibility index (Phi) is 6.18. The van der Waals surface area contributed by atoms with E-state index in [4.69, 9.17) is 0 Å². The minimum absolute atomic E-state index is 0.0207. The van der Waals surface area contributed by atoms with Gasteiger partial charge in [0.1, 0.15) is 0 Å². The van der Waals surface area contributed by atoms with Gasteiger partial charge in [-0.3, -0.25) is 9.69 Å². The molecule has 1 atom stereocenters. The van der Waals surface area contributed by atoms with Crippen molar-refractivity contribution >= 4 is 15.7 Å². The van der Waals surface area contributed by atoms with Gasteiger partial charge in [-0.1, -0.05) is 37.3 Å². The Morgan fingerprint density at radius 2 is 1.87 bits per heavy atom. The predicted octanol–water partition coefficient (Wildman–Crippen LogP) is 1.54. The van der Waals surface area contributed by atoms with Crippen LogP contribution in [-0.4, -0.2) is 61.3 Å². The summed E-state index contributed by atoms with van der Waals surface area (Å²) in [5, 5.41) is 0. The number of benzene rings is 1. The number of amides is 1. The van der Waals surface area contributed by atoms with Crippen LogP contribution in [0.5, 0.6) is 0 Å². The van der Waals surface area contributed by atoms with Crippen LogP contribution in [0.4, 0.5) is 0 Å². The van der Waals surface area contributed by atoms with Crippen molar-refractivity contribution in [1.82, 2.24) is 9.80 Å². The molecule has 0 bridgehead atoms. The Bertz CT molecular complexity index is 616. The van der Waals surface area contributed by atoms with Crippen molar-refractivity contribution in [3.8, 4) is 0 Å². The zero-order chi connectivity index (χ0) is 16.9. The van der Waals surface area contributed by atoms with Crippen LogP contribution < -0.4 is 0 Å². The van der Waals surface area contributed by atoms with E-state index in [1.165, 1.54) is 5.56 Å². The first kappa shape index (κ1) is 17.9. The van der Waals surface area contributed by atoms with Crippen LogP contribution in [0.2, 0.25) is 0 Å². The average molecular weight is 338 g/mol. The van der Waals surface area contributed by atoms with Gasteiger partial charge in [0.25, 0.3) is 0 Å². The third-order valence-electron chi connectivity index (χ3n) is 4.37. The molecule has 6 heteroatoms. The van der Waals surface area contributed by atoms with Gasteiger partial charge in [-0.2, -0.15) is 0 Å². The van der Waals surface area contributed by atoms with E-state index < -0.39 is 9.84 Å². The molecule has 1 aliphatic rings. The Morgan fingerprint density at radius 1 is 1.17 bits per heavy atom. The first-order valence-corrected chi connectivity index (χ1v) is 10.0. The van der Waals surface area contributed by atoms with Gasteiger partial charge >= 0.3 is 0 Å². The summed E-state index contributed by atoms with van der Waals surface area (Å²) in [4.78, 5) is 16.4. The Balaban J connectivity index is 1.97. The van der Waals surface area contributed by atoms with Gasteiger partial charge in [0.15, 0.2) is 9.84 Å². The summed E-state index contributed by atoms with van der Waals surface area (Å²) in [6.45, 7) is 6.34. The van der Waals surface area contributed by atoms with Gasteiger partial charge in [-0.15, -0.1) is 0 Å². The first-order valence-electron chi connectivity index (χ1n) is 8.21. The monoisotopic (exact) mass is 338 g/mol. The fourth-order valence-corrected chi connectivity index (χ4v) is 4.79. The summed E-state index contributed by atoms with van der Waals surface area (Å²) in [6, 6.07) is 9.90. The topological polar surface area (TPSA) is 57.7 Å². The van der Waals surface area contributed by atoms with E-state index >= 15 is 0 Å². The Labute approximate surface area is 139 Å². The minimum Gasteiger partial charge on any atom is -0.338 e. The number of rotatable bonds is 7. The molecule has 1 unspecified atom stereocenters. The molecule has 1 aromatic rings. The number of hydrogen-bond donors (Lipinski definition) is 0. The van der Waals surface area contributed by atoms with Gasteiger partial charge in [0.05, 0.1) is 18.1 Å². The van der Waals surface area contributed by atoms with Crippen molar-refractivity contribution < 1.29 is 13.2 Å². The number of carbonyl (C=O) groups is 1. The van der Waals surface area contributed by atoms with Gasteiger partial charge in [-0.25, -0.2) is 8.42 Å². The molecule has 1 amide bonds. The molecule has 23 heavy (non-hydrogen) atoms. The zero-order valence-electron chi connectivity index (χ0n) is 13.9. The van der Waals surface area contributed by atoms with Crippen molar-refractivity contribution in [2.45, 2.75) is 32.9 Å². The number of likely N-dealkylation sites (N-methyl/N-ethyl adjacent to an activating group) is 2. The van der Waals surface area contributed by atoms with Crippen LogP contribution in [0, 0.1) is 0 Å². The zero-order valence-corrected chi connectivity index (χ0v) is 14.8. The molecule has 1 heterocycles. The van der Waals surface area contributed by atoms with E-state index in [1.807, 2.05) is 44.2 Å². The maximum Gasteiger partial charge on any atom is 0.237 e. The third kappa shape index (κ3) is 5.04. The lowest BCUT2D eigenvalue weighted by Gasteiger charge is -2.30. The van der Waals surface area contributed by atoms with Crippen molar-refractivity contribution in [2.24, 2.45) is 0 Å². The van der Waals surface area contributed by atoms with Crippen LogP contribution >= 0.6 is 0 Å². The second kappa shape index (κ2) is 7.93. The molecule has 0 aliphatic carbocycles. The van der Waals surface area contributed by atoms with Crippen molar-refractivity contribution in [2.75, 3.05) is 31.1 Å². The van der Waals surface area contributed by atoms with Crippen molar-refractivity contribution in [1.29, 1.82) is 0 Å². The second-order valence-corrected chi connectivity index (χ2v) is 8.25. The number of hydrogen-bond acceptors (Lipinski definition) is 4. The van der Waals surface area contributed by atoms with Gasteiger partial charge in [0, 0.05) is 19.1 Å². The maximum absolute atomic E-state index is 12.6. The largest absolute Gasteiger partial charge is 0.338 e. The highest BCUT2D eigenvalue weighted by atomic mass is 32.2. The molecule has 1 aliphatic heterocycles. The molecule has 128 valence electrons. The van der Waals surface area contributed by atoms with E-state index in [0.717, 1.165) is 13.1 Å². The quantitative estimate of drug-likeness (QED) is 0.757. The molecule has 1 fully saturated rings. The van der Waals surface area contributed by atoms with Crippen LogP contribution in [0.15, 0.2) is 30.3 Å². The third-order valence-corrected chi connectivity index (χ3v) is 6.12. The summed E-state index contributed by atoms with van der Waals surface area (Å²) >= 11 is 0. The fraction of sp³-hybridized carbons (Fsp3) is 0.588. The smallest absolute Gasteiger partial charge is 0.237 e. The summed E-state index contributed by atoms with van der Waals surface area (Å²) in [5.41, 5.74) is 1.17. The normalized spacial score (nSPS) is 19.9. The minimum atomic E-state index is -2.97. The van der Waals surface area contributed by atoms with Crippen LogP contribution in [0.3, 0.4) is 0 Å². The van der Waals surface area contributed by atoms with E-state index in [-0.39, 0.29) is 23.5 Å². The van der Waals surface area contributed by atoms with E-state index in [9.17, 15) is 13.2 Å². The van der Waals surface area contributed by atoms with Crippen LogP contribution in [-0.2, 0) is 21.2 Å².